The quantitative estimate of drug-likeness (QED) is 0.564. The molecule has 1 aliphatic heterocycles. The number of methoxy groups -OCH3 is 1. The fourth-order valence-electron chi connectivity index (χ4n) is 4.15. The molecule has 2 aromatic rings. The third-order valence-electron chi connectivity index (χ3n) is 5.84. The molecule has 0 bridgehead atoms. The number of amides is 2. The van der Waals surface area contributed by atoms with Gasteiger partial charge in [0.25, 0.3) is 5.91 Å². The smallest absolute Gasteiger partial charge is 0.296 e. The molecule has 2 atom stereocenters. The first-order chi connectivity index (χ1) is 16.0. The summed E-state index contributed by atoms with van der Waals surface area (Å²) in [6, 6.07) is 9.15. The van der Waals surface area contributed by atoms with E-state index >= 15 is 0 Å². The first-order valence-corrected chi connectivity index (χ1v) is 11.0. The van der Waals surface area contributed by atoms with Gasteiger partial charge in [-0.2, -0.15) is 5.10 Å². The standard InChI is InChI=1S/C26H27N3O4/c1-17(2)29-26(31)22-9-5-4-8-21(22)25(28-29)19-10-12-23(32-3)18(15-19)11-13-24(30)27-16-20-7-6-14-33-20/h4-7,10,12,14-15,17,21-22H,8-9,16H2,1-3H3,(H,27,30)/t21-,22+/m0/s1. The van der Waals surface area contributed by atoms with Crippen molar-refractivity contribution in [3.05, 3.63) is 65.6 Å². The van der Waals surface area contributed by atoms with Crippen LogP contribution in [0, 0.1) is 23.7 Å². The van der Waals surface area contributed by atoms with E-state index in [4.69, 9.17) is 14.3 Å². The Bertz CT molecular complexity index is 1150. The summed E-state index contributed by atoms with van der Waals surface area (Å²) in [5.41, 5.74) is 2.33. The number of fused-ring (bicyclic) bond motifs is 1. The molecule has 33 heavy (non-hydrogen) atoms. The van der Waals surface area contributed by atoms with E-state index in [1.54, 1.807) is 30.5 Å². The average Bonchev–Trinajstić information content (AvgIpc) is 3.35. The maximum absolute atomic E-state index is 13.0. The number of furan rings is 1. The summed E-state index contributed by atoms with van der Waals surface area (Å²) >= 11 is 0. The van der Waals surface area contributed by atoms with Gasteiger partial charge in [-0.25, -0.2) is 5.01 Å². The van der Waals surface area contributed by atoms with E-state index in [9.17, 15) is 9.59 Å². The molecule has 1 aromatic heterocycles. The third kappa shape index (κ3) is 4.85. The zero-order valence-corrected chi connectivity index (χ0v) is 19.0. The lowest BCUT2D eigenvalue weighted by Gasteiger charge is -2.38. The van der Waals surface area contributed by atoms with Crippen molar-refractivity contribution in [3.8, 4) is 17.6 Å². The minimum atomic E-state index is -0.414. The van der Waals surface area contributed by atoms with E-state index in [-0.39, 0.29) is 30.3 Å². The SMILES string of the molecule is COc1ccc(C2=NN(C(C)C)C(=O)[C@@H]3CC=CC[C@H]23)cc1C#CC(=O)NCc1ccco1. The number of hydrogen-bond donors (Lipinski definition) is 1. The van der Waals surface area contributed by atoms with Crippen molar-refractivity contribution in [3.63, 3.8) is 0 Å². The molecule has 2 aliphatic rings. The highest BCUT2D eigenvalue weighted by atomic mass is 16.5. The highest BCUT2D eigenvalue weighted by Crippen LogP contribution is 2.36. The molecule has 4 rings (SSSR count). The topological polar surface area (TPSA) is 84.1 Å². The van der Waals surface area contributed by atoms with Crippen LogP contribution in [0.15, 0.2) is 58.3 Å². The summed E-state index contributed by atoms with van der Waals surface area (Å²) in [6.45, 7) is 4.19. The number of rotatable bonds is 5. The van der Waals surface area contributed by atoms with E-state index < -0.39 is 5.91 Å². The molecule has 1 N–H and O–H groups in total. The van der Waals surface area contributed by atoms with Crippen molar-refractivity contribution in [2.75, 3.05) is 7.11 Å². The summed E-state index contributed by atoms with van der Waals surface area (Å²) in [5.74, 6) is 6.32. The Morgan fingerprint density at radius 3 is 2.76 bits per heavy atom. The molecular weight excluding hydrogens is 418 g/mol. The molecule has 0 spiro atoms. The van der Waals surface area contributed by atoms with Gasteiger partial charge in [-0.05, 0) is 62.6 Å². The summed E-state index contributed by atoms with van der Waals surface area (Å²) in [4.78, 5) is 25.2. The molecule has 7 nitrogen and oxygen atoms in total. The minimum absolute atomic E-state index is 0.0169. The predicted octanol–water partition coefficient (Wildman–Crippen LogP) is 3.49. The monoisotopic (exact) mass is 445 g/mol. The first-order valence-electron chi connectivity index (χ1n) is 11.0. The molecule has 170 valence electrons. The highest BCUT2D eigenvalue weighted by molar-refractivity contribution is 6.07. The van der Waals surface area contributed by atoms with Gasteiger partial charge in [0, 0.05) is 17.9 Å². The normalized spacial score (nSPS) is 19.5. The molecule has 0 saturated carbocycles. The first kappa shape index (κ1) is 22.4. The zero-order valence-electron chi connectivity index (χ0n) is 19.0. The van der Waals surface area contributed by atoms with Gasteiger partial charge in [0.1, 0.15) is 11.5 Å². The predicted molar refractivity (Wildman–Crippen MR) is 124 cm³/mol. The molecule has 0 fully saturated rings. The second-order valence-corrected chi connectivity index (χ2v) is 8.34. The molecule has 0 radical (unpaired) electrons. The average molecular weight is 446 g/mol. The third-order valence-corrected chi connectivity index (χ3v) is 5.84. The number of hydrazone groups is 1. The van der Waals surface area contributed by atoms with Gasteiger partial charge in [0.05, 0.1) is 37.1 Å². The number of carbonyl (C=O) groups excluding carboxylic acids is 2. The van der Waals surface area contributed by atoms with Crippen LogP contribution in [0.5, 0.6) is 5.75 Å². The van der Waals surface area contributed by atoms with Gasteiger partial charge in [0.2, 0.25) is 5.91 Å². The lowest BCUT2D eigenvalue weighted by Crippen LogP contribution is -2.47. The lowest BCUT2D eigenvalue weighted by molar-refractivity contribution is -0.139. The fraction of sp³-hybridized carbons (Fsp3) is 0.346. The largest absolute Gasteiger partial charge is 0.495 e. The molecule has 1 aromatic carbocycles. The number of ether oxygens (including phenoxy) is 1. The molecular formula is C26H27N3O4. The summed E-state index contributed by atoms with van der Waals surface area (Å²) < 4.78 is 10.7. The fourth-order valence-corrected chi connectivity index (χ4v) is 4.15. The Labute approximate surface area is 193 Å². The number of nitrogens with zero attached hydrogens (tertiary/aromatic N) is 2. The molecule has 7 heteroatoms. The Kier molecular flexibility index (Phi) is 6.64. The van der Waals surface area contributed by atoms with Crippen LogP contribution in [0.2, 0.25) is 0 Å². The van der Waals surface area contributed by atoms with Gasteiger partial charge in [-0.3, -0.25) is 9.59 Å². The molecule has 0 saturated heterocycles. The van der Waals surface area contributed by atoms with Crippen molar-refractivity contribution < 1.29 is 18.7 Å². The van der Waals surface area contributed by atoms with Crippen molar-refractivity contribution >= 4 is 17.5 Å². The summed E-state index contributed by atoms with van der Waals surface area (Å²) in [5, 5.41) is 9.05. The van der Waals surface area contributed by atoms with E-state index in [1.165, 1.54) is 0 Å². The minimum Gasteiger partial charge on any atom is -0.495 e. The number of nitrogens with one attached hydrogen (secondary N) is 1. The van der Waals surface area contributed by atoms with Gasteiger partial charge in [0.15, 0.2) is 0 Å². The molecule has 0 unspecified atom stereocenters. The number of hydrogen-bond acceptors (Lipinski definition) is 5. The number of carbonyl (C=O) groups is 2. The summed E-state index contributed by atoms with van der Waals surface area (Å²) in [7, 11) is 1.57. The van der Waals surface area contributed by atoms with Crippen LogP contribution in [0.25, 0.3) is 0 Å². The van der Waals surface area contributed by atoms with Crippen molar-refractivity contribution in [1.82, 2.24) is 10.3 Å². The Morgan fingerprint density at radius 2 is 2.06 bits per heavy atom. The van der Waals surface area contributed by atoms with Crippen molar-refractivity contribution in [2.45, 2.75) is 39.3 Å². The zero-order chi connectivity index (χ0) is 23.4. The van der Waals surface area contributed by atoms with Crippen LogP contribution in [0.1, 0.15) is 43.6 Å². The molecule has 2 heterocycles. The van der Waals surface area contributed by atoms with Gasteiger partial charge in [-0.15, -0.1) is 0 Å². The highest BCUT2D eigenvalue weighted by Gasteiger charge is 2.40. The van der Waals surface area contributed by atoms with E-state index in [1.807, 2.05) is 32.0 Å². The van der Waals surface area contributed by atoms with Crippen LogP contribution in [-0.4, -0.2) is 35.7 Å². The Morgan fingerprint density at radius 1 is 1.27 bits per heavy atom. The van der Waals surface area contributed by atoms with Crippen molar-refractivity contribution in [2.24, 2.45) is 16.9 Å². The van der Waals surface area contributed by atoms with E-state index in [0.29, 0.717) is 23.5 Å². The van der Waals surface area contributed by atoms with E-state index in [2.05, 4.69) is 29.3 Å². The van der Waals surface area contributed by atoms with Gasteiger partial charge < -0.3 is 14.5 Å². The summed E-state index contributed by atoms with van der Waals surface area (Å²) in [6.07, 6.45) is 7.22. The maximum Gasteiger partial charge on any atom is 0.296 e. The van der Waals surface area contributed by atoms with Crippen LogP contribution in [-0.2, 0) is 16.1 Å². The number of benzene rings is 1. The molecule has 1 aliphatic carbocycles. The second-order valence-electron chi connectivity index (χ2n) is 8.34. The van der Waals surface area contributed by atoms with Crippen LogP contribution >= 0.6 is 0 Å². The Hall–Kier alpha value is -3.79. The van der Waals surface area contributed by atoms with Crippen LogP contribution in [0.3, 0.4) is 0 Å². The molecule has 2 amide bonds. The van der Waals surface area contributed by atoms with Crippen LogP contribution < -0.4 is 10.1 Å². The van der Waals surface area contributed by atoms with E-state index in [0.717, 1.165) is 17.7 Å². The van der Waals surface area contributed by atoms with Crippen LogP contribution in [0.4, 0.5) is 0 Å². The number of allylic oxidation sites excluding steroid dienone is 2. The van der Waals surface area contributed by atoms with Crippen molar-refractivity contribution in [1.29, 1.82) is 0 Å². The second kappa shape index (κ2) is 9.78. The van der Waals surface area contributed by atoms with Gasteiger partial charge in [-0.1, -0.05) is 18.1 Å². The Balaban J connectivity index is 1.63. The lowest BCUT2D eigenvalue weighted by atomic mass is 9.76. The van der Waals surface area contributed by atoms with Gasteiger partial charge >= 0.3 is 0 Å². The maximum atomic E-state index is 13.0.